The Labute approximate surface area is 126 Å². The van der Waals surface area contributed by atoms with E-state index in [1.54, 1.807) is 19.9 Å². The number of amides is 2. The SMILES string of the molecule is CCOC(=O)C1=C(c2ccccc2[N+](=O)[O-])NC(=O)NC1C. The average molecular weight is 305 g/mol. The third-order valence-corrected chi connectivity index (χ3v) is 3.15. The molecule has 0 aromatic heterocycles. The summed E-state index contributed by atoms with van der Waals surface area (Å²) in [6.07, 6.45) is 0. The van der Waals surface area contributed by atoms with Crippen molar-refractivity contribution in [3.63, 3.8) is 0 Å². The van der Waals surface area contributed by atoms with Gasteiger partial charge in [0.1, 0.15) is 0 Å². The van der Waals surface area contributed by atoms with Crippen LogP contribution in [0.3, 0.4) is 0 Å². The van der Waals surface area contributed by atoms with Crippen LogP contribution < -0.4 is 10.6 Å². The van der Waals surface area contributed by atoms with Crippen LogP contribution in [0.5, 0.6) is 0 Å². The van der Waals surface area contributed by atoms with Gasteiger partial charge >= 0.3 is 12.0 Å². The molecular formula is C14H15N3O5. The van der Waals surface area contributed by atoms with E-state index in [0.29, 0.717) is 0 Å². The van der Waals surface area contributed by atoms with E-state index in [4.69, 9.17) is 4.74 Å². The van der Waals surface area contributed by atoms with Crippen LogP contribution >= 0.6 is 0 Å². The highest BCUT2D eigenvalue weighted by Crippen LogP contribution is 2.29. The van der Waals surface area contributed by atoms with Crippen molar-refractivity contribution in [2.45, 2.75) is 19.9 Å². The second-order valence-electron chi connectivity index (χ2n) is 4.60. The number of nitro groups is 1. The van der Waals surface area contributed by atoms with Gasteiger partial charge in [-0.1, -0.05) is 12.1 Å². The van der Waals surface area contributed by atoms with Crippen LogP contribution in [0.15, 0.2) is 29.8 Å². The number of nitro benzene ring substituents is 1. The molecular weight excluding hydrogens is 290 g/mol. The molecule has 1 aromatic carbocycles. The fourth-order valence-corrected chi connectivity index (χ4v) is 2.25. The second-order valence-corrected chi connectivity index (χ2v) is 4.60. The predicted molar refractivity (Wildman–Crippen MR) is 77.8 cm³/mol. The molecule has 8 heteroatoms. The molecule has 22 heavy (non-hydrogen) atoms. The molecule has 2 rings (SSSR count). The molecule has 0 fully saturated rings. The fourth-order valence-electron chi connectivity index (χ4n) is 2.25. The van der Waals surface area contributed by atoms with Crippen LogP contribution in [0.1, 0.15) is 19.4 Å². The molecule has 0 bridgehead atoms. The highest BCUT2D eigenvalue weighted by atomic mass is 16.6. The minimum Gasteiger partial charge on any atom is -0.463 e. The van der Waals surface area contributed by atoms with E-state index in [0.717, 1.165) is 0 Å². The summed E-state index contributed by atoms with van der Waals surface area (Å²) in [5.74, 6) is -0.629. The molecule has 2 amide bonds. The normalized spacial score (nSPS) is 17.5. The number of nitrogens with zero attached hydrogens (tertiary/aromatic N) is 1. The number of para-hydroxylation sites is 1. The van der Waals surface area contributed by atoms with Gasteiger partial charge in [-0.25, -0.2) is 9.59 Å². The largest absolute Gasteiger partial charge is 0.463 e. The zero-order chi connectivity index (χ0) is 16.3. The Morgan fingerprint density at radius 1 is 1.41 bits per heavy atom. The molecule has 2 N–H and O–H groups in total. The van der Waals surface area contributed by atoms with Gasteiger partial charge in [0.05, 0.1) is 34.4 Å². The number of nitrogens with one attached hydrogen (secondary N) is 2. The van der Waals surface area contributed by atoms with E-state index in [2.05, 4.69) is 10.6 Å². The minimum absolute atomic E-state index is 0.0991. The lowest BCUT2D eigenvalue weighted by Crippen LogP contribution is -2.48. The molecule has 1 unspecified atom stereocenters. The summed E-state index contributed by atoms with van der Waals surface area (Å²) < 4.78 is 4.98. The lowest BCUT2D eigenvalue weighted by Gasteiger charge is -2.26. The Morgan fingerprint density at radius 3 is 2.73 bits per heavy atom. The molecule has 1 aliphatic heterocycles. The van der Waals surface area contributed by atoms with Gasteiger partial charge in [-0.15, -0.1) is 0 Å². The topological polar surface area (TPSA) is 111 Å². The van der Waals surface area contributed by atoms with Crippen LogP contribution in [0.2, 0.25) is 0 Å². The van der Waals surface area contributed by atoms with Crippen molar-refractivity contribution in [2.24, 2.45) is 0 Å². The molecule has 1 heterocycles. The Balaban J connectivity index is 2.65. The molecule has 0 radical (unpaired) electrons. The van der Waals surface area contributed by atoms with Crippen molar-refractivity contribution in [1.29, 1.82) is 0 Å². The Bertz CT molecular complexity index is 668. The number of esters is 1. The Kier molecular flexibility index (Phi) is 4.40. The quantitative estimate of drug-likeness (QED) is 0.498. The van der Waals surface area contributed by atoms with E-state index in [1.165, 1.54) is 18.2 Å². The van der Waals surface area contributed by atoms with E-state index in [-0.39, 0.29) is 29.1 Å². The maximum Gasteiger partial charge on any atom is 0.338 e. The maximum atomic E-state index is 12.1. The number of hydrogen-bond donors (Lipinski definition) is 2. The summed E-state index contributed by atoms with van der Waals surface area (Å²) in [5, 5.41) is 16.2. The fraction of sp³-hybridized carbons (Fsp3) is 0.286. The first kappa shape index (κ1) is 15.5. The number of carbonyl (C=O) groups excluding carboxylic acids is 2. The van der Waals surface area contributed by atoms with Gasteiger partial charge in [0.15, 0.2) is 0 Å². The molecule has 8 nitrogen and oxygen atoms in total. The summed E-state index contributed by atoms with van der Waals surface area (Å²) in [6.45, 7) is 3.43. The van der Waals surface area contributed by atoms with Gasteiger partial charge < -0.3 is 15.4 Å². The van der Waals surface area contributed by atoms with Crippen molar-refractivity contribution >= 4 is 23.4 Å². The van der Waals surface area contributed by atoms with Crippen LogP contribution in [0.25, 0.3) is 5.70 Å². The predicted octanol–water partition coefficient (Wildman–Crippen LogP) is 1.57. The zero-order valence-electron chi connectivity index (χ0n) is 12.1. The summed E-state index contributed by atoms with van der Waals surface area (Å²) in [4.78, 5) is 34.4. The molecule has 0 spiro atoms. The van der Waals surface area contributed by atoms with E-state index in [1.807, 2.05) is 0 Å². The first-order valence-corrected chi connectivity index (χ1v) is 6.68. The van der Waals surface area contributed by atoms with Crippen LogP contribution in [-0.4, -0.2) is 29.6 Å². The summed E-state index contributed by atoms with van der Waals surface area (Å²) in [7, 11) is 0. The summed E-state index contributed by atoms with van der Waals surface area (Å²) >= 11 is 0. The third kappa shape index (κ3) is 2.90. The van der Waals surface area contributed by atoms with Crippen molar-refractivity contribution in [1.82, 2.24) is 10.6 Å². The molecule has 1 aliphatic rings. The number of urea groups is 1. The number of rotatable bonds is 4. The van der Waals surface area contributed by atoms with Gasteiger partial charge in [-0.3, -0.25) is 10.1 Å². The van der Waals surface area contributed by atoms with E-state index in [9.17, 15) is 19.7 Å². The van der Waals surface area contributed by atoms with Gasteiger partial charge in [-0.05, 0) is 19.9 Å². The highest BCUT2D eigenvalue weighted by molar-refractivity contribution is 6.05. The van der Waals surface area contributed by atoms with Crippen molar-refractivity contribution in [3.8, 4) is 0 Å². The third-order valence-electron chi connectivity index (χ3n) is 3.15. The van der Waals surface area contributed by atoms with Crippen LogP contribution in [-0.2, 0) is 9.53 Å². The molecule has 116 valence electrons. The molecule has 0 saturated heterocycles. The lowest BCUT2D eigenvalue weighted by molar-refractivity contribution is -0.385. The minimum atomic E-state index is -0.629. The maximum absolute atomic E-state index is 12.1. The Hall–Kier alpha value is -2.90. The van der Waals surface area contributed by atoms with Crippen molar-refractivity contribution < 1.29 is 19.2 Å². The first-order valence-electron chi connectivity index (χ1n) is 6.68. The molecule has 0 aliphatic carbocycles. The van der Waals surface area contributed by atoms with Crippen LogP contribution in [0.4, 0.5) is 10.5 Å². The molecule has 1 aromatic rings. The average Bonchev–Trinajstić information content (AvgIpc) is 2.46. The van der Waals surface area contributed by atoms with Crippen LogP contribution in [0, 0.1) is 10.1 Å². The lowest BCUT2D eigenvalue weighted by atomic mass is 9.98. The molecule has 1 atom stereocenters. The van der Waals surface area contributed by atoms with Gasteiger partial charge in [-0.2, -0.15) is 0 Å². The first-order chi connectivity index (χ1) is 10.5. The molecule has 0 saturated carbocycles. The van der Waals surface area contributed by atoms with E-state index < -0.39 is 23.0 Å². The second kappa shape index (κ2) is 6.25. The van der Waals surface area contributed by atoms with Gasteiger partial charge in [0, 0.05) is 6.07 Å². The van der Waals surface area contributed by atoms with Gasteiger partial charge in [0.25, 0.3) is 5.69 Å². The number of ether oxygens (including phenoxy) is 1. The number of carbonyl (C=O) groups is 2. The monoisotopic (exact) mass is 305 g/mol. The summed E-state index contributed by atoms with van der Waals surface area (Å²) in [5.41, 5.74) is 0.212. The standard InChI is InChI=1S/C14H15N3O5/c1-3-22-13(18)11-8(2)15-14(19)16-12(11)9-6-4-5-7-10(9)17(20)21/h4-8H,3H2,1-2H3,(H2,15,16,19). The number of hydrogen-bond acceptors (Lipinski definition) is 5. The van der Waals surface area contributed by atoms with Crippen molar-refractivity contribution in [2.75, 3.05) is 6.61 Å². The Morgan fingerprint density at radius 2 is 2.09 bits per heavy atom. The van der Waals surface area contributed by atoms with Crippen molar-refractivity contribution in [3.05, 3.63) is 45.5 Å². The smallest absolute Gasteiger partial charge is 0.338 e. The van der Waals surface area contributed by atoms with E-state index >= 15 is 0 Å². The number of benzene rings is 1. The highest BCUT2D eigenvalue weighted by Gasteiger charge is 2.33. The summed E-state index contributed by atoms with van der Waals surface area (Å²) in [6, 6.07) is 4.74. The van der Waals surface area contributed by atoms with Gasteiger partial charge in [0.2, 0.25) is 0 Å². The zero-order valence-corrected chi connectivity index (χ0v) is 12.1.